The van der Waals surface area contributed by atoms with Crippen LogP contribution in [0.4, 0.5) is 0 Å². The van der Waals surface area contributed by atoms with Crippen molar-refractivity contribution >= 4 is 16.8 Å². The summed E-state index contributed by atoms with van der Waals surface area (Å²) in [6, 6.07) is 7.41. The second kappa shape index (κ2) is 6.93. The second-order valence-electron chi connectivity index (χ2n) is 6.13. The number of aryl methyl sites for hydroxylation is 1. The van der Waals surface area contributed by atoms with Crippen molar-refractivity contribution in [2.45, 2.75) is 19.9 Å². The highest BCUT2D eigenvalue weighted by Crippen LogP contribution is 2.28. The van der Waals surface area contributed by atoms with Crippen molar-refractivity contribution in [2.75, 3.05) is 21.2 Å². The number of aromatic nitrogens is 3. The zero-order valence-corrected chi connectivity index (χ0v) is 15.0. The summed E-state index contributed by atoms with van der Waals surface area (Å²) >= 11 is 0. The molecule has 2 heterocycles. The molecule has 0 aliphatic rings. The van der Waals surface area contributed by atoms with Gasteiger partial charge in [-0.3, -0.25) is 9.48 Å². The molecule has 3 rings (SSSR count). The zero-order chi connectivity index (χ0) is 18.0. The molecule has 0 spiro atoms. The first-order chi connectivity index (χ1) is 12.0. The van der Waals surface area contributed by atoms with Crippen LogP contribution < -0.4 is 4.74 Å². The van der Waals surface area contributed by atoms with Crippen LogP contribution in [-0.2, 0) is 6.54 Å². The van der Waals surface area contributed by atoms with Crippen LogP contribution in [-0.4, -0.2) is 46.8 Å². The highest BCUT2D eigenvalue weighted by Gasteiger charge is 2.16. The largest absolute Gasteiger partial charge is 0.497 e. The van der Waals surface area contributed by atoms with Gasteiger partial charge in [-0.2, -0.15) is 5.10 Å². The van der Waals surface area contributed by atoms with E-state index in [2.05, 4.69) is 12.0 Å². The average molecular weight is 338 g/mol. The number of ether oxygens (including phenoxy) is 1. The van der Waals surface area contributed by atoms with E-state index < -0.39 is 0 Å². The normalized spacial score (nSPS) is 10.9. The highest BCUT2D eigenvalue weighted by atomic mass is 16.5. The van der Waals surface area contributed by atoms with Crippen molar-refractivity contribution in [1.29, 1.82) is 0 Å². The fraction of sp³-hybridized carbons (Fsp3) is 0.316. The molecule has 0 aliphatic carbocycles. The molecule has 0 fully saturated rings. The maximum absolute atomic E-state index is 12.7. The summed E-state index contributed by atoms with van der Waals surface area (Å²) in [6.45, 7) is 2.96. The van der Waals surface area contributed by atoms with Crippen LogP contribution in [0.25, 0.3) is 22.2 Å². The van der Waals surface area contributed by atoms with Gasteiger partial charge in [0, 0.05) is 43.9 Å². The number of carbonyl (C=O) groups is 1. The number of amides is 1. The molecule has 25 heavy (non-hydrogen) atoms. The lowest BCUT2D eigenvalue weighted by atomic mass is 10.0. The van der Waals surface area contributed by atoms with Gasteiger partial charge in [-0.05, 0) is 24.6 Å². The van der Waals surface area contributed by atoms with E-state index >= 15 is 0 Å². The van der Waals surface area contributed by atoms with E-state index in [0.717, 1.165) is 35.1 Å². The lowest BCUT2D eigenvalue weighted by Gasteiger charge is -2.14. The minimum Gasteiger partial charge on any atom is -0.497 e. The Balaban J connectivity index is 2.19. The maximum atomic E-state index is 12.7. The van der Waals surface area contributed by atoms with Crippen LogP contribution in [0, 0.1) is 0 Å². The lowest BCUT2D eigenvalue weighted by Crippen LogP contribution is -2.22. The SMILES string of the molecule is CCCn1cc(-c2cc(C(=O)N(C)C)c3ccc(OC)cc3n2)cn1. The number of methoxy groups -OCH3 is 1. The first-order valence-corrected chi connectivity index (χ1v) is 8.26. The Morgan fingerprint density at radius 2 is 2.08 bits per heavy atom. The van der Waals surface area contributed by atoms with E-state index in [-0.39, 0.29) is 5.91 Å². The summed E-state index contributed by atoms with van der Waals surface area (Å²) in [6.07, 6.45) is 4.75. The Morgan fingerprint density at radius 3 is 2.76 bits per heavy atom. The number of nitrogens with zero attached hydrogens (tertiary/aromatic N) is 4. The minimum absolute atomic E-state index is 0.0558. The molecule has 0 radical (unpaired) electrons. The van der Waals surface area contributed by atoms with Crippen molar-refractivity contribution in [3.05, 3.63) is 42.2 Å². The van der Waals surface area contributed by atoms with Crippen LogP contribution in [0.3, 0.4) is 0 Å². The zero-order valence-electron chi connectivity index (χ0n) is 15.0. The second-order valence-corrected chi connectivity index (χ2v) is 6.13. The Bertz CT molecular complexity index is 915. The number of pyridine rings is 1. The highest BCUT2D eigenvalue weighted by molar-refractivity contribution is 6.07. The van der Waals surface area contributed by atoms with Gasteiger partial charge in [0.1, 0.15) is 5.75 Å². The van der Waals surface area contributed by atoms with Gasteiger partial charge in [0.15, 0.2) is 0 Å². The first-order valence-electron chi connectivity index (χ1n) is 8.26. The number of hydrogen-bond donors (Lipinski definition) is 0. The third kappa shape index (κ3) is 3.33. The molecule has 1 aromatic carbocycles. The molecule has 1 amide bonds. The average Bonchev–Trinajstić information content (AvgIpc) is 3.08. The monoisotopic (exact) mass is 338 g/mol. The fourth-order valence-electron chi connectivity index (χ4n) is 2.75. The van der Waals surface area contributed by atoms with Gasteiger partial charge < -0.3 is 9.64 Å². The van der Waals surface area contributed by atoms with Crippen LogP contribution in [0.2, 0.25) is 0 Å². The number of fused-ring (bicyclic) bond motifs is 1. The quantitative estimate of drug-likeness (QED) is 0.717. The van der Waals surface area contributed by atoms with E-state index in [9.17, 15) is 4.79 Å². The third-order valence-corrected chi connectivity index (χ3v) is 4.04. The molecule has 0 unspecified atom stereocenters. The van der Waals surface area contributed by atoms with Crippen molar-refractivity contribution in [3.63, 3.8) is 0 Å². The molecule has 6 nitrogen and oxygen atoms in total. The summed E-state index contributed by atoms with van der Waals surface area (Å²) in [5, 5.41) is 5.17. The number of benzene rings is 1. The third-order valence-electron chi connectivity index (χ3n) is 4.04. The molecular weight excluding hydrogens is 316 g/mol. The minimum atomic E-state index is -0.0558. The van der Waals surface area contributed by atoms with E-state index in [1.165, 1.54) is 0 Å². The maximum Gasteiger partial charge on any atom is 0.254 e. The molecule has 0 aliphatic heterocycles. The van der Waals surface area contributed by atoms with E-state index in [1.807, 2.05) is 35.1 Å². The van der Waals surface area contributed by atoms with E-state index in [0.29, 0.717) is 11.3 Å². The predicted molar refractivity (Wildman–Crippen MR) is 97.8 cm³/mol. The summed E-state index contributed by atoms with van der Waals surface area (Å²) in [7, 11) is 5.11. The molecular formula is C19H22N4O2. The molecule has 0 bridgehead atoms. The summed E-state index contributed by atoms with van der Waals surface area (Å²) in [5.41, 5.74) is 2.97. The standard InChI is InChI=1S/C19H22N4O2/c1-5-8-23-12-13(11-20-23)17-10-16(19(24)22(2)3)15-7-6-14(25-4)9-18(15)21-17/h6-7,9-12H,5,8H2,1-4H3. The van der Waals surface area contributed by atoms with E-state index in [1.54, 1.807) is 32.3 Å². The molecule has 0 atom stereocenters. The van der Waals surface area contributed by atoms with Gasteiger partial charge in [0.2, 0.25) is 0 Å². The lowest BCUT2D eigenvalue weighted by molar-refractivity contribution is 0.0829. The Labute approximate surface area is 147 Å². The van der Waals surface area contributed by atoms with Gasteiger partial charge in [-0.1, -0.05) is 6.92 Å². The smallest absolute Gasteiger partial charge is 0.254 e. The van der Waals surface area contributed by atoms with E-state index in [4.69, 9.17) is 9.72 Å². The van der Waals surface area contributed by atoms with Crippen LogP contribution in [0.15, 0.2) is 36.7 Å². The van der Waals surface area contributed by atoms with Crippen LogP contribution in [0.1, 0.15) is 23.7 Å². The van der Waals surface area contributed by atoms with Crippen molar-refractivity contribution in [3.8, 4) is 17.0 Å². The molecule has 130 valence electrons. The van der Waals surface area contributed by atoms with Crippen molar-refractivity contribution in [1.82, 2.24) is 19.7 Å². The van der Waals surface area contributed by atoms with Gasteiger partial charge in [-0.15, -0.1) is 0 Å². The van der Waals surface area contributed by atoms with Gasteiger partial charge in [-0.25, -0.2) is 4.98 Å². The van der Waals surface area contributed by atoms with Gasteiger partial charge in [0.25, 0.3) is 5.91 Å². The molecule has 0 saturated heterocycles. The Morgan fingerprint density at radius 1 is 1.28 bits per heavy atom. The summed E-state index contributed by atoms with van der Waals surface area (Å²) < 4.78 is 7.19. The van der Waals surface area contributed by atoms with Gasteiger partial charge in [0.05, 0.1) is 30.1 Å². The number of hydrogen-bond acceptors (Lipinski definition) is 4. The van der Waals surface area contributed by atoms with Crippen molar-refractivity contribution in [2.24, 2.45) is 0 Å². The molecule has 0 saturated carbocycles. The molecule has 3 aromatic rings. The van der Waals surface area contributed by atoms with Gasteiger partial charge >= 0.3 is 0 Å². The van der Waals surface area contributed by atoms with Crippen LogP contribution >= 0.6 is 0 Å². The fourth-order valence-corrected chi connectivity index (χ4v) is 2.75. The Hall–Kier alpha value is -2.89. The number of carbonyl (C=O) groups excluding carboxylic acids is 1. The summed E-state index contributed by atoms with van der Waals surface area (Å²) in [5.74, 6) is 0.654. The number of rotatable bonds is 5. The first kappa shape index (κ1) is 17.0. The molecule has 2 aromatic heterocycles. The Kier molecular flexibility index (Phi) is 4.70. The molecule has 6 heteroatoms. The predicted octanol–water partition coefficient (Wildman–Crippen LogP) is 3.22. The topological polar surface area (TPSA) is 60.2 Å². The summed E-state index contributed by atoms with van der Waals surface area (Å²) in [4.78, 5) is 18.9. The van der Waals surface area contributed by atoms with Crippen molar-refractivity contribution < 1.29 is 9.53 Å². The van der Waals surface area contributed by atoms with Crippen LogP contribution in [0.5, 0.6) is 5.75 Å². The molecule has 0 N–H and O–H groups in total.